The van der Waals surface area contributed by atoms with Crippen LogP contribution in [0.1, 0.15) is 24.1 Å². The van der Waals surface area contributed by atoms with E-state index in [1.807, 2.05) is 13.0 Å². The Labute approximate surface area is 94.3 Å². The van der Waals surface area contributed by atoms with E-state index in [-0.39, 0.29) is 6.61 Å². The van der Waals surface area contributed by atoms with Gasteiger partial charge < -0.3 is 9.84 Å². The zero-order chi connectivity index (χ0) is 11.6. The molecule has 1 aliphatic heterocycles. The molecule has 88 valence electrons. The van der Waals surface area contributed by atoms with E-state index in [1.54, 1.807) is 0 Å². The molecular weight excluding hydrogens is 209 g/mol. The van der Waals surface area contributed by atoms with Gasteiger partial charge in [-0.25, -0.2) is 4.98 Å². The van der Waals surface area contributed by atoms with Gasteiger partial charge in [0.1, 0.15) is 0 Å². The molecule has 0 amide bonds. The summed E-state index contributed by atoms with van der Waals surface area (Å²) in [6.45, 7) is 3.01. The van der Waals surface area contributed by atoms with Crippen LogP contribution >= 0.6 is 0 Å². The van der Waals surface area contributed by atoms with Gasteiger partial charge in [0, 0.05) is 18.6 Å². The summed E-state index contributed by atoms with van der Waals surface area (Å²) in [6, 6.07) is 3.25. The van der Waals surface area contributed by atoms with Gasteiger partial charge in [-0.1, -0.05) is 0 Å². The first kappa shape index (κ1) is 11.5. The molecule has 0 atom stereocenters. The van der Waals surface area contributed by atoms with Gasteiger partial charge in [0.15, 0.2) is 0 Å². The van der Waals surface area contributed by atoms with Crippen molar-refractivity contribution in [1.29, 1.82) is 0 Å². The van der Waals surface area contributed by atoms with Gasteiger partial charge in [0.2, 0.25) is 5.95 Å². The zero-order valence-electron chi connectivity index (χ0n) is 9.37. The third-order valence-electron chi connectivity index (χ3n) is 3.23. The molecule has 0 aromatic carbocycles. The van der Waals surface area contributed by atoms with E-state index >= 15 is 0 Å². The predicted molar refractivity (Wildman–Crippen MR) is 57.7 cm³/mol. The molecule has 0 radical (unpaired) electrons. The van der Waals surface area contributed by atoms with Crippen molar-refractivity contribution in [2.75, 3.05) is 19.8 Å². The number of aryl methyl sites for hydroxylation is 1. The molecule has 1 fully saturated rings. The second-order valence-corrected chi connectivity index (χ2v) is 4.40. The van der Waals surface area contributed by atoms with Crippen molar-refractivity contribution < 1.29 is 14.2 Å². The molecule has 2 rings (SSSR count). The molecular formula is C12H16FNO2. The predicted octanol–water partition coefficient (Wildman–Crippen LogP) is 1.57. The summed E-state index contributed by atoms with van der Waals surface area (Å²) in [6.07, 6.45) is 1.39. The maximum atomic E-state index is 13.3. The molecule has 0 spiro atoms. The third kappa shape index (κ3) is 2.08. The van der Waals surface area contributed by atoms with Crippen LogP contribution in [0.3, 0.4) is 0 Å². The van der Waals surface area contributed by atoms with E-state index in [0.29, 0.717) is 31.7 Å². The zero-order valence-corrected chi connectivity index (χ0v) is 9.37. The maximum absolute atomic E-state index is 13.3. The molecule has 3 nitrogen and oxygen atoms in total. The largest absolute Gasteiger partial charge is 0.395 e. The minimum atomic E-state index is -0.477. The van der Waals surface area contributed by atoms with Crippen LogP contribution in [-0.4, -0.2) is 29.9 Å². The molecule has 0 bridgehead atoms. The van der Waals surface area contributed by atoms with E-state index in [0.717, 1.165) is 5.56 Å². The molecule has 0 saturated carbocycles. The lowest BCUT2D eigenvalue weighted by Gasteiger charge is -2.35. The highest BCUT2D eigenvalue weighted by atomic mass is 19.1. The van der Waals surface area contributed by atoms with E-state index < -0.39 is 11.4 Å². The Balaban J connectivity index is 2.38. The molecule has 1 saturated heterocycles. The molecule has 0 unspecified atom stereocenters. The van der Waals surface area contributed by atoms with Crippen molar-refractivity contribution in [3.8, 4) is 0 Å². The Morgan fingerprint density at radius 3 is 2.69 bits per heavy atom. The Kier molecular flexibility index (Phi) is 3.21. The van der Waals surface area contributed by atoms with Crippen LogP contribution in [0.25, 0.3) is 0 Å². The summed E-state index contributed by atoms with van der Waals surface area (Å²) in [5.41, 5.74) is 1.06. The van der Waals surface area contributed by atoms with Crippen molar-refractivity contribution in [2.24, 2.45) is 0 Å². The number of rotatable bonds is 2. The van der Waals surface area contributed by atoms with Gasteiger partial charge >= 0.3 is 0 Å². The van der Waals surface area contributed by atoms with Gasteiger partial charge in [-0.15, -0.1) is 0 Å². The van der Waals surface area contributed by atoms with Crippen LogP contribution in [0.4, 0.5) is 4.39 Å². The summed E-state index contributed by atoms with van der Waals surface area (Å²) in [4.78, 5) is 3.92. The second-order valence-electron chi connectivity index (χ2n) is 4.40. The lowest BCUT2D eigenvalue weighted by atomic mass is 9.77. The number of ether oxygens (including phenoxy) is 1. The molecule has 0 aliphatic carbocycles. The Hall–Kier alpha value is -1.00. The van der Waals surface area contributed by atoms with Gasteiger partial charge in [0.25, 0.3) is 0 Å². The van der Waals surface area contributed by atoms with Crippen LogP contribution in [-0.2, 0) is 10.2 Å². The minimum Gasteiger partial charge on any atom is -0.395 e. The highest BCUT2D eigenvalue weighted by Gasteiger charge is 2.35. The molecule has 1 aromatic rings. The summed E-state index contributed by atoms with van der Waals surface area (Å²) < 4.78 is 18.5. The van der Waals surface area contributed by atoms with Gasteiger partial charge in [0.05, 0.1) is 12.3 Å². The van der Waals surface area contributed by atoms with Crippen LogP contribution in [0.15, 0.2) is 12.1 Å². The molecule has 16 heavy (non-hydrogen) atoms. The number of pyridine rings is 1. The molecule has 4 heteroatoms. The Morgan fingerprint density at radius 1 is 1.44 bits per heavy atom. The van der Waals surface area contributed by atoms with Crippen molar-refractivity contribution >= 4 is 0 Å². The van der Waals surface area contributed by atoms with E-state index in [2.05, 4.69) is 4.98 Å². The molecule has 2 heterocycles. The number of aliphatic hydroxyl groups excluding tert-OH is 1. The SMILES string of the molecule is Cc1cc(F)nc(C2(CO)CCOCC2)c1. The fourth-order valence-corrected chi connectivity index (χ4v) is 2.15. The number of nitrogens with zero attached hydrogens (tertiary/aromatic N) is 1. The number of hydrogen-bond acceptors (Lipinski definition) is 3. The average molecular weight is 225 g/mol. The van der Waals surface area contributed by atoms with E-state index in [4.69, 9.17) is 4.74 Å². The first-order valence-electron chi connectivity index (χ1n) is 5.50. The quantitative estimate of drug-likeness (QED) is 0.777. The van der Waals surface area contributed by atoms with Crippen LogP contribution in [0.2, 0.25) is 0 Å². The van der Waals surface area contributed by atoms with Gasteiger partial charge in [-0.05, 0) is 37.5 Å². The summed E-state index contributed by atoms with van der Waals surface area (Å²) in [5.74, 6) is -0.477. The summed E-state index contributed by atoms with van der Waals surface area (Å²) in [5, 5.41) is 9.56. The molecule has 1 N–H and O–H groups in total. The minimum absolute atomic E-state index is 0.00769. The number of halogens is 1. The van der Waals surface area contributed by atoms with Gasteiger partial charge in [-0.2, -0.15) is 4.39 Å². The van der Waals surface area contributed by atoms with E-state index in [9.17, 15) is 9.50 Å². The third-order valence-corrected chi connectivity index (χ3v) is 3.23. The lowest BCUT2D eigenvalue weighted by molar-refractivity contribution is 0.0232. The molecule has 1 aliphatic rings. The van der Waals surface area contributed by atoms with Crippen LogP contribution in [0.5, 0.6) is 0 Å². The highest BCUT2D eigenvalue weighted by molar-refractivity contribution is 5.23. The normalized spacial score (nSPS) is 19.7. The summed E-state index contributed by atoms with van der Waals surface area (Å²) >= 11 is 0. The second kappa shape index (κ2) is 4.47. The smallest absolute Gasteiger partial charge is 0.213 e. The van der Waals surface area contributed by atoms with E-state index in [1.165, 1.54) is 6.07 Å². The van der Waals surface area contributed by atoms with Crippen molar-refractivity contribution in [1.82, 2.24) is 4.98 Å². The maximum Gasteiger partial charge on any atom is 0.213 e. The number of aliphatic hydroxyl groups is 1. The Bertz CT molecular complexity index is 355. The lowest BCUT2D eigenvalue weighted by Crippen LogP contribution is -2.38. The first-order chi connectivity index (χ1) is 7.66. The number of aromatic nitrogens is 1. The topological polar surface area (TPSA) is 42.4 Å². The van der Waals surface area contributed by atoms with Crippen molar-refractivity contribution in [3.05, 3.63) is 29.3 Å². The monoisotopic (exact) mass is 225 g/mol. The van der Waals surface area contributed by atoms with Crippen LogP contribution in [0, 0.1) is 12.9 Å². The molecule has 1 aromatic heterocycles. The van der Waals surface area contributed by atoms with Crippen molar-refractivity contribution in [2.45, 2.75) is 25.2 Å². The fraction of sp³-hybridized carbons (Fsp3) is 0.583. The standard InChI is InChI=1S/C12H16FNO2/c1-9-6-10(14-11(13)7-9)12(8-15)2-4-16-5-3-12/h6-7,15H,2-5,8H2,1H3. The average Bonchev–Trinajstić information content (AvgIpc) is 2.28. The van der Waals surface area contributed by atoms with Crippen LogP contribution < -0.4 is 0 Å². The first-order valence-corrected chi connectivity index (χ1v) is 5.50. The van der Waals surface area contributed by atoms with Crippen molar-refractivity contribution in [3.63, 3.8) is 0 Å². The number of hydrogen-bond donors (Lipinski definition) is 1. The Morgan fingerprint density at radius 2 is 2.12 bits per heavy atom. The van der Waals surface area contributed by atoms with Gasteiger partial charge in [-0.3, -0.25) is 0 Å². The highest BCUT2D eigenvalue weighted by Crippen LogP contribution is 2.33. The summed E-state index contributed by atoms with van der Waals surface area (Å²) in [7, 11) is 0. The fourth-order valence-electron chi connectivity index (χ4n) is 2.15.